The molecule has 7 saturated heterocycles. The largest absolute Gasteiger partial charge is 0.394 e. The van der Waals surface area contributed by atoms with E-state index < -0.39 is 285 Å². The maximum atomic E-state index is 13.0. The first-order valence-corrected chi connectivity index (χ1v) is 28.6. The number of carbonyl (C=O) groups excluding carboxylic acids is 4. The van der Waals surface area contributed by atoms with Gasteiger partial charge in [0.05, 0.1) is 46.2 Å². The summed E-state index contributed by atoms with van der Waals surface area (Å²) >= 11 is 0. The van der Waals surface area contributed by atoms with E-state index in [2.05, 4.69) is 21.3 Å². The Bertz CT molecular complexity index is 2310. The second-order valence-corrected chi connectivity index (χ2v) is 22.5. The molecule has 4 amide bonds. The molecule has 7 fully saturated rings. The van der Waals surface area contributed by atoms with Crippen molar-refractivity contribution in [1.29, 1.82) is 0 Å². The second kappa shape index (κ2) is 32.4. The van der Waals surface area contributed by atoms with Gasteiger partial charge in [-0.3, -0.25) is 19.2 Å². The van der Waals surface area contributed by atoms with E-state index >= 15 is 0 Å². The second-order valence-electron chi connectivity index (χ2n) is 22.5. The van der Waals surface area contributed by atoms with Gasteiger partial charge in [0, 0.05) is 27.7 Å². The Morgan fingerprint density at radius 3 is 1.10 bits per heavy atom. The number of amides is 4. The zero-order valence-electron chi connectivity index (χ0n) is 48.6. The van der Waals surface area contributed by atoms with Crippen LogP contribution in [0.2, 0.25) is 0 Å². The van der Waals surface area contributed by atoms with Crippen LogP contribution in [0.5, 0.6) is 0 Å². The van der Waals surface area contributed by atoms with E-state index in [1.54, 1.807) is 0 Å². The van der Waals surface area contributed by atoms with Gasteiger partial charge in [0.25, 0.3) is 0 Å². The Labute approximate surface area is 510 Å². The lowest BCUT2D eigenvalue weighted by molar-refractivity contribution is -0.394. The highest BCUT2D eigenvalue weighted by Gasteiger charge is 2.59. The van der Waals surface area contributed by atoms with Crippen LogP contribution in [-0.2, 0) is 80.8 Å². The molecule has 40 nitrogen and oxygen atoms in total. The van der Waals surface area contributed by atoms with Gasteiger partial charge in [-0.25, -0.2) is 0 Å². The average molecular weight is 1320 g/mol. The van der Waals surface area contributed by atoms with E-state index in [0.29, 0.717) is 0 Å². The van der Waals surface area contributed by atoms with Crippen LogP contribution in [0.1, 0.15) is 27.7 Å². The first-order chi connectivity index (χ1) is 42.5. The van der Waals surface area contributed by atoms with Gasteiger partial charge >= 0.3 is 0 Å². The summed E-state index contributed by atoms with van der Waals surface area (Å²) in [5.41, 5.74) is 0. The van der Waals surface area contributed by atoms with E-state index in [1.165, 1.54) is 0 Å². The van der Waals surface area contributed by atoms with E-state index in [0.717, 1.165) is 27.7 Å². The van der Waals surface area contributed by atoms with Crippen LogP contribution >= 0.6 is 0 Å². The number of nitrogens with one attached hydrogen (secondary N) is 4. The molecule has 0 aromatic carbocycles. The van der Waals surface area contributed by atoms with Crippen molar-refractivity contribution in [2.24, 2.45) is 0 Å². The van der Waals surface area contributed by atoms with Crippen LogP contribution in [-0.4, -0.2) is 382 Å². The standard InChI is InChI=1S/C50H84N4O36/c1-12(61)51-23-34(72)39(20(9-59)79-44(23)77)86-47-26(54-15(4)64)41(30(68)19(8-58)82-47)88-49-38(76)42(89-50-43(35(73)29(67)18(7-57)83-50)90-46-25(53-14(3)63)33(71)28(66)17(6-56)81-46)31(69)22(85-49)11-78-48-37(75)36(74)40(21(10-60)84-48)87-45-24(52-13(2)62)32(70)27(65)16(5-55)80-45/h16-50,55-60,65-77H,5-11H2,1-4H3,(H,51,61)(H,52,62)(H,53,63)(H,54,64)/t16-,17-,18-,19-,20-,21-,22-,23-,24-,25-,26-,27-,28-,29-,30-,31-,32-,33-,34-,35+,36-,37+,38+,39-,40-,41-,42+,43+,44-,45+,46+,47+,48+,49+,50-/m1/s1. The molecule has 0 radical (unpaired) electrons. The van der Waals surface area contributed by atoms with Crippen molar-refractivity contribution in [2.75, 3.05) is 46.2 Å². The molecule has 0 unspecified atom stereocenters. The van der Waals surface area contributed by atoms with Crippen LogP contribution in [0.4, 0.5) is 0 Å². The molecule has 520 valence electrons. The molecule has 0 aliphatic carbocycles. The molecule has 0 spiro atoms. The van der Waals surface area contributed by atoms with Crippen molar-refractivity contribution in [3.63, 3.8) is 0 Å². The van der Waals surface area contributed by atoms with Crippen molar-refractivity contribution in [1.82, 2.24) is 21.3 Å². The third-order valence-electron chi connectivity index (χ3n) is 16.1. The number of aliphatic hydroxyl groups is 19. The fourth-order valence-corrected chi connectivity index (χ4v) is 11.5. The van der Waals surface area contributed by atoms with Gasteiger partial charge in [-0.1, -0.05) is 0 Å². The number of carbonyl (C=O) groups is 4. The van der Waals surface area contributed by atoms with Gasteiger partial charge < -0.3 is 180 Å². The molecule has 35 atom stereocenters. The minimum absolute atomic E-state index is 0.762. The van der Waals surface area contributed by atoms with Crippen LogP contribution in [0.15, 0.2) is 0 Å². The van der Waals surface area contributed by atoms with Crippen LogP contribution < -0.4 is 21.3 Å². The Kier molecular flexibility index (Phi) is 26.6. The summed E-state index contributed by atoms with van der Waals surface area (Å²) in [5.74, 6) is -3.28. The monoisotopic (exact) mass is 1320 g/mol. The lowest BCUT2D eigenvalue weighted by Crippen LogP contribution is -2.71. The van der Waals surface area contributed by atoms with Crippen molar-refractivity contribution in [3.8, 4) is 0 Å². The number of hydrogen-bond acceptors (Lipinski definition) is 36. The smallest absolute Gasteiger partial charge is 0.217 e. The summed E-state index contributed by atoms with van der Waals surface area (Å²) in [7, 11) is 0. The third kappa shape index (κ3) is 16.4. The Morgan fingerprint density at radius 1 is 0.289 bits per heavy atom. The summed E-state index contributed by atoms with van der Waals surface area (Å²) in [6, 6.07) is -6.81. The molecule has 7 aliphatic rings. The molecule has 0 aromatic rings. The van der Waals surface area contributed by atoms with Gasteiger partial charge in [-0.05, 0) is 0 Å². The molecular weight excluding hydrogens is 1230 g/mol. The maximum Gasteiger partial charge on any atom is 0.217 e. The summed E-state index contributed by atoms with van der Waals surface area (Å²) in [6.45, 7) is -3.06. The molecule has 7 rings (SSSR count). The number of aliphatic hydroxyl groups excluding tert-OH is 19. The molecule has 0 saturated carbocycles. The zero-order valence-corrected chi connectivity index (χ0v) is 48.6. The minimum Gasteiger partial charge on any atom is -0.394 e. The van der Waals surface area contributed by atoms with Crippen LogP contribution in [0.3, 0.4) is 0 Å². The number of hydrogen-bond donors (Lipinski definition) is 23. The van der Waals surface area contributed by atoms with Gasteiger partial charge in [0.15, 0.2) is 44.0 Å². The SMILES string of the molecule is CC(=O)N[C@@H]1[C@@H](O)[C@H](O[C@@H]2O[C@H](CO)[C@@H](O)[C@H](O[C@@H]3O[C@H](CO[C@H]4O[C@H](CO)[C@@H](O[C@@H]5O[C@H](CO)[C@@H](O)[C@H](O)[C@H]5NC(C)=O)[C@H](O)[C@@H]4O)[C@@H](O)[C@H](O[C@H]4O[C@H](CO)[C@@H](O)[C@H](O)[C@@H]4O[C@@H]4O[C@H](CO)[C@@H](O)[C@H](O)[C@H]4NC(C)=O)[C@@H]3O)[C@H]2NC(C)=O)[C@@H](CO)O[C@H]1O. The highest BCUT2D eigenvalue weighted by Crippen LogP contribution is 2.38. The third-order valence-corrected chi connectivity index (χ3v) is 16.1. The summed E-state index contributed by atoms with van der Waals surface area (Å²) in [5, 5.41) is 218. The average Bonchev–Trinajstić information content (AvgIpc) is 0.794. The normalized spacial score (nSPS) is 47.6. The van der Waals surface area contributed by atoms with Gasteiger partial charge in [-0.2, -0.15) is 0 Å². The maximum absolute atomic E-state index is 13.0. The molecule has 0 aromatic heterocycles. The van der Waals surface area contributed by atoms with Gasteiger partial charge in [0.2, 0.25) is 23.6 Å². The van der Waals surface area contributed by atoms with Gasteiger partial charge in [0.1, 0.15) is 171 Å². The fourth-order valence-electron chi connectivity index (χ4n) is 11.5. The molecule has 40 heteroatoms. The van der Waals surface area contributed by atoms with E-state index in [1.807, 2.05) is 0 Å². The van der Waals surface area contributed by atoms with E-state index in [9.17, 15) is 116 Å². The minimum atomic E-state index is -2.46. The molecule has 7 heterocycles. The summed E-state index contributed by atoms with van der Waals surface area (Å²) in [6.07, 6.45) is -61.7. The summed E-state index contributed by atoms with van der Waals surface area (Å²) in [4.78, 5) is 49.6. The quantitative estimate of drug-likeness (QED) is 0.0452. The van der Waals surface area contributed by atoms with E-state index in [-0.39, 0.29) is 0 Å². The predicted octanol–water partition coefficient (Wildman–Crippen LogP) is -15.7. The van der Waals surface area contributed by atoms with Gasteiger partial charge in [-0.15, -0.1) is 0 Å². The molecule has 90 heavy (non-hydrogen) atoms. The van der Waals surface area contributed by atoms with Crippen molar-refractivity contribution >= 4 is 23.6 Å². The molecule has 0 bridgehead atoms. The van der Waals surface area contributed by atoms with E-state index in [4.69, 9.17) is 61.6 Å². The number of ether oxygens (including phenoxy) is 13. The lowest BCUT2D eigenvalue weighted by Gasteiger charge is -2.51. The first-order valence-electron chi connectivity index (χ1n) is 28.6. The Morgan fingerprint density at radius 2 is 0.622 bits per heavy atom. The number of rotatable bonds is 23. The predicted molar refractivity (Wildman–Crippen MR) is 278 cm³/mol. The first kappa shape index (κ1) is 74.0. The zero-order chi connectivity index (χ0) is 66.5. The highest BCUT2D eigenvalue weighted by molar-refractivity contribution is 5.74. The highest BCUT2D eigenvalue weighted by atomic mass is 16.8. The Hall–Kier alpha value is -3.40. The van der Waals surface area contributed by atoms with Crippen molar-refractivity contribution in [3.05, 3.63) is 0 Å². The van der Waals surface area contributed by atoms with Crippen LogP contribution in [0, 0.1) is 0 Å². The van der Waals surface area contributed by atoms with Crippen molar-refractivity contribution < 1.29 is 178 Å². The van der Waals surface area contributed by atoms with Crippen LogP contribution in [0.25, 0.3) is 0 Å². The molecule has 23 N–H and O–H groups in total. The molecular formula is C50H84N4O36. The molecule has 7 aliphatic heterocycles. The topological polar surface area (TPSA) is 621 Å². The lowest BCUT2D eigenvalue weighted by atomic mass is 9.93. The van der Waals surface area contributed by atoms with Crippen molar-refractivity contribution in [2.45, 2.75) is 242 Å². The Balaban J connectivity index is 1.23. The summed E-state index contributed by atoms with van der Waals surface area (Å²) < 4.78 is 76.3. The fraction of sp³-hybridized carbons (Fsp3) is 0.920.